The zero-order valence-electron chi connectivity index (χ0n) is 15.9. The second-order valence-electron chi connectivity index (χ2n) is 6.61. The Kier molecular flexibility index (Phi) is 7.87. The van der Waals surface area contributed by atoms with Gasteiger partial charge >= 0.3 is 0 Å². The lowest BCUT2D eigenvalue weighted by atomic mass is 10.2. The van der Waals surface area contributed by atoms with Crippen LogP contribution in [-0.4, -0.2) is 73.7 Å². The van der Waals surface area contributed by atoms with Gasteiger partial charge in [-0.1, -0.05) is 12.1 Å². The second-order valence-corrected chi connectivity index (χ2v) is 6.61. The highest BCUT2D eigenvalue weighted by Crippen LogP contribution is 2.24. The van der Waals surface area contributed by atoms with E-state index in [1.807, 2.05) is 32.0 Å². The molecule has 144 valence electrons. The van der Waals surface area contributed by atoms with Crippen molar-refractivity contribution in [2.24, 2.45) is 0 Å². The van der Waals surface area contributed by atoms with Crippen LogP contribution in [0.4, 0.5) is 5.69 Å². The molecule has 0 radical (unpaired) electrons. The van der Waals surface area contributed by atoms with E-state index in [4.69, 9.17) is 9.47 Å². The number of hydrogen-bond acceptors (Lipinski definition) is 5. The maximum absolute atomic E-state index is 12.4. The van der Waals surface area contributed by atoms with Crippen LogP contribution in [-0.2, 0) is 14.3 Å². The number of morpholine rings is 1. The largest absolute Gasteiger partial charge is 0.489 e. The van der Waals surface area contributed by atoms with Crippen molar-refractivity contribution in [2.45, 2.75) is 26.9 Å². The number of carbonyl (C=O) groups is 2. The predicted molar refractivity (Wildman–Crippen MR) is 100 cm³/mol. The van der Waals surface area contributed by atoms with Gasteiger partial charge in [0.15, 0.2) is 0 Å². The number of hydrogen-bond donors (Lipinski definition) is 1. The average Bonchev–Trinajstić information content (AvgIpc) is 2.60. The molecule has 1 aliphatic heterocycles. The summed E-state index contributed by atoms with van der Waals surface area (Å²) in [7, 11) is 0. The van der Waals surface area contributed by atoms with Crippen LogP contribution in [0.1, 0.15) is 20.8 Å². The van der Waals surface area contributed by atoms with E-state index in [0.717, 1.165) is 19.6 Å². The molecule has 2 amide bonds. The third-order valence-electron chi connectivity index (χ3n) is 4.09. The summed E-state index contributed by atoms with van der Waals surface area (Å²) in [4.78, 5) is 28.1. The number of ether oxygens (including phenoxy) is 2. The fraction of sp³-hybridized carbons (Fsp3) is 0.579. The maximum atomic E-state index is 12.4. The third-order valence-corrected chi connectivity index (χ3v) is 4.09. The van der Waals surface area contributed by atoms with Crippen LogP contribution in [0.5, 0.6) is 5.75 Å². The highest BCUT2D eigenvalue weighted by molar-refractivity contribution is 5.95. The summed E-state index contributed by atoms with van der Waals surface area (Å²) in [5, 5.41) is 2.85. The maximum Gasteiger partial charge on any atom is 0.244 e. The zero-order valence-corrected chi connectivity index (χ0v) is 15.9. The molecule has 2 rings (SSSR count). The molecule has 1 aliphatic rings. The van der Waals surface area contributed by atoms with E-state index in [2.05, 4.69) is 10.2 Å². The molecule has 7 nitrogen and oxygen atoms in total. The molecule has 0 bridgehead atoms. The summed E-state index contributed by atoms with van der Waals surface area (Å²) in [6.45, 7) is 9.79. The minimum atomic E-state index is -0.234. The molecule has 1 N–H and O–H groups in total. The van der Waals surface area contributed by atoms with Crippen LogP contribution >= 0.6 is 0 Å². The van der Waals surface area contributed by atoms with Crippen LogP contribution in [0.3, 0.4) is 0 Å². The molecule has 0 saturated carbocycles. The molecule has 7 heteroatoms. The van der Waals surface area contributed by atoms with Crippen LogP contribution in [0.25, 0.3) is 0 Å². The van der Waals surface area contributed by atoms with Gasteiger partial charge in [0.25, 0.3) is 0 Å². The Hall–Kier alpha value is -2.12. The Balaban J connectivity index is 1.90. The summed E-state index contributed by atoms with van der Waals surface area (Å²) < 4.78 is 11.0. The van der Waals surface area contributed by atoms with E-state index >= 15 is 0 Å². The van der Waals surface area contributed by atoms with Crippen molar-refractivity contribution in [2.75, 3.05) is 51.3 Å². The molecule has 1 saturated heterocycles. The number of carbonyl (C=O) groups excluding carboxylic acids is 2. The summed E-state index contributed by atoms with van der Waals surface area (Å²) in [6.07, 6.45) is 0.00953. The van der Waals surface area contributed by atoms with E-state index in [0.29, 0.717) is 31.2 Å². The summed E-state index contributed by atoms with van der Waals surface area (Å²) >= 11 is 0. The monoisotopic (exact) mass is 363 g/mol. The molecule has 0 spiro atoms. The summed E-state index contributed by atoms with van der Waals surface area (Å²) in [6, 6.07) is 7.31. The molecule has 0 atom stereocenters. The van der Waals surface area contributed by atoms with E-state index in [9.17, 15) is 9.59 Å². The highest BCUT2D eigenvalue weighted by atomic mass is 16.5. The molecule has 26 heavy (non-hydrogen) atoms. The predicted octanol–water partition coefficient (Wildman–Crippen LogP) is 1.59. The van der Waals surface area contributed by atoms with Gasteiger partial charge in [0, 0.05) is 33.1 Å². The minimum absolute atomic E-state index is 0.00953. The fourth-order valence-corrected chi connectivity index (χ4v) is 2.72. The van der Waals surface area contributed by atoms with Gasteiger partial charge in [-0.3, -0.25) is 14.5 Å². The second kappa shape index (κ2) is 10.1. The first-order chi connectivity index (χ1) is 12.5. The summed E-state index contributed by atoms with van der Waals surface area (Å²) in [5.74, 6) is 0.278. The number of nitrogens with one attached hydrogen (secondary N) is 1. The number of nitrogens with zero attached hydrogens (tertiary/aromatic N) is 2. The smallest absolute Gasteiger partial charge is 0.244 e. The molecule has 1 fully saturated rings. The van der Waals surface area contributed by atoms with E-state index in [-0.39, 0.29) is 24.5 Å². The Morgan fingerprint density at radius 1 is 1.27 bits per heavy atom. The molecule has 1 aromatic carbocycles. The van der Waals surface area contributed by atoms with Gasteiger partial charge in [-0.2, -0.15) is 0 Å². The van der Waals surface area contributed by atoms with Gasteiger partial charge in [-0.15, -0.1) is 0 Å². The average molecular weight is 363 g/mol. The van der Waals surface area contributed by atoms with Crippen molar-refractivity contribution < 1.29 is 19.1 Å². The number of rotatable bonds is 8. The van der Waals surface area contributed by atoms with Crippen molar-refractivity contribution in [3.8, 4) is 5.75 Å². The zero-order chi connectivity index (χ0) is 18.9. The number of amides is 2. The van der Waals surface area contributed by atoms with Crippen LogP contribution in [0.2, 0.25) is 0 Å². The van der Waals surface area contributed by atoms with Gasteiger partial charge < -0.3 is 19.7 Å². The lowest BCUT2D eigenvalue weighted by Crippen LogP contribution is -2.44. The number of para-hydroxylation sites is 2. The van der Waals surface area contributed by atoms with Crippen molar-refractivity contribution >= 4 is 17.5 Å². The van der Waals surface area contributed by atoms with Crippen molar-refractivity contribution in [3.05, 3.63) is 24.3 Å². The normalized spacial score (nSPS) is 14.9. The molecule has 0 aromatic heterocycles. The lowest BCUT2D eigenvalue weighted by molar-refractivity contribution is -0.133. The first kappa shape index (κ1) is 20.2. The first-order valence-corrected chi connectivity index (χ1v) is 9.07. The fourth-order valence-electron chi connectivity index (χ4n) is 2.72. The van der Waals surface area contributed by atoms with Crippen molar-refractivity contribution in [1.82, 2.24) is 9.80 Å². The highest BCUT2D eigenvalue weighted by Gasteiger charge is 2.17. The van der Waals surface area contributed by atoms with Crippen LogP contribution < -0.4 is 10.1 Å². The Morgan fingerprint density at radius 3 is 2.62 bits per heavy atom. The van der Waals surface area contributed by atoms with Crippen LogP contribution in [0, 0.1) is 0 Å². The first-order valence-electron chi connectivity index (χ1n) is 9.07. The lowest BCUT2D eigenvalue weighted by Gasteiger charge is -2.29. The SMILES string of the molecule is CC(=O)N(CCN1CCOCC1)CC(=O)Nc1ccccc1OC(C)C. The Bertz CT molecular complexity index is 600. The topological polar surface area (TPSA) is 71.1 Å². The van der Waals surface area contributed by atoms with Gasteiger partial charge in [-0.25, -0.2) is 0 Å². The van der Waals surface area contributed by atoms with Gasteiger partial charge in [-0.05, 0) is 26.0 Å². The van der Waals surface area contributed by atoms with Gasteiger partial charge in [0.2, 0.25) is 11.8 Å². The number of benzene rings is 1. The van der Waals surface area contributed by atoms with Crippen LogP contribution in [0.15, 0.2) is 24.3 Å². The van der Waals surface area contributed by atoms with E-state index in [1.54, 1.807) is 11.0 Å². The van der Waals surface area contributed by atoms with Gasteiger partial charge in [0.05, 0.1) is 31.5 Å². The van der Waals surface area contributed by atoms with E-state index < -0.39 is 0 Å². The summed E-state index contributed by atoms with van der Waals surface area (Å²) in [5.41, 5.74) is 0.614. The third kappa shape index (κ3) is 6.65. The van der Waals surface area contributed by atoms with Crippen molar-refractivity contribution in [3.63, 3.8) is 0 Å². The number of anilines is 1. The molecular weight excluding hydrogens is 334 g/mol. The minimum Gasteiger partial charge on any atom is -0.489 e. The molecule has 1 heterocycles. The van der Waals surface area contributed by atoms with Crippen molar-refractivity contribution in [1.29, 1.82) is 0 Å². The standard InChI is InChI=1S/C19H29N3O4/c1-15(2)26-18-7-5-4-6-17(18)20-19(24)14-22(16(3)23)9-8-21-10-12-25-13-11-21/h4-7,15H,8-14H2,1-3H3,(H,20,24). The molecule has 0 unspecified atom stereocenters. The molecule has 1 aromatic rings. The Labute approximate surface area is 155 Å². The van der Waals surface area contributed by atoms with E-state index in [1.165, 1.54) is 6.92 Å². The Morgan fingerprint density at radius 2 is 1.96 bits per heavy atom. The molecule has 0 aliphatic carbocycles. The van der Waals surface area contributed by atoms with Gasteiger partial charge in [0.1, 0.15) is 5.75 Å². The molecular formula is C19H29N3O4. The quantitative estimate of drug-likeness (QED) is 0.760.